The summed E-state index contributed by atoms with van der Waals surface area (Å²) in [4.78, 5) is 8.96. The molecule has 0 N–H and O–H groups in total. The van der Waals surface area contributed by atoms with Crippen LogP contribution in [0.3, 0.4) is 0 Å². The molecule has 0 radical (unpaired) electrons. The van der Waals surface area contributed by atoms with Gasteiger partial charge in [0, 0.05) is 11.8 Å². The lowest BCUT2D eigenvalue weighted by Crippen LogP contribution is -1.99. The standard InChI is InChI=1S/C16H12ClN5.C2H6/c1-9-5-6-11(12(17)8-9)15-21-20-14-10(2)19-13-4-3-7-18-16(13)22(14)15;1-2/h3-8H,1-2H3;1-2H3. The summed E-state index contributed by atoms with van der Waals surface area (Å²) < 4.78 is 1.91. The molecule has 0 unspecified atom stereocenters. The number of pyridine rings is 1. The summed E-state index contributed by atoms with van der Waals surface area (Å²) >= 11 is 6.40. The second-order valence-corrected chi connectivity index (χ2v) is 5.62. The Morgan fingerprint density at radius 2 is 1.79 bits per heavy atom. The highest BCUT2D eigenvalue weighted by Crippen LogP contribution is 2.29. The van der Waals surface area contributed by atoms with Crippen molar-refractivity contribution in [2.75, 3.05) is 0 Å². The molecule has 0 aliphatic heterocycles. The van der Waals surface area contributed by atoms with E-state index in [9.17, 15) is 0 Å². The van der Waals surface area contributed by atoms with Crippen molar-refractivity contribution >= 4 is 28.4 Å². The lowest BCUT2D eigenvalue weighted by atomic mass is 10.1. The molecular weight excluding hydrogens is 322 g/mol. The molecule has 5 nitrogen and oxygen atoms in total. The van der Waals surface area contributed by atoms with Crippen LogP contribution in [0.4, 0.5) is 0 Å². The van der Waals surface area contributed by atoms with Gasteiger partial charge in [-0.25, -0.2) is 9.97 Å². The normalized spacial score (nSPS) is 10.7. The minimum Gasteiger partial charge on any atom is -0.255 e. The minimum absolute atomic E-state index is 0.646. The smallest absolute Gasteiger partial charge is 0.184 e. The van der Waals surface area contributed by atoms with Crippen LogP contribution in [0.5, 0.6) is 0 Å². The molecule has 24 heavy (non-hydrogen) atoms. The largest absolute Gasteiger partial charge is 0.255 e. The molecule has 0 atom stereocenters. The fourth-order valence-electron chi connectivity index (χ4n) is 2.57. The molecule has 0 saturated carbocycles. The molecular formula is C18H18ClN5. The highest BCUT2D eigenvalue weighted by molar-refractivity contribution is 6.33. The Balaban J connectivity index is 0.000000815. The number of fused-ring (bicyclic) bond motifs is 3. The first-order valence-electron chi connectivity index (χ1n) is 7.88. The van der Waals surface area contributed by atoms with E-state index in [0.29, 0.717) is 16.5 Å². The number of rotatable bonds is 1. The van der Waals surface area contributed by atoms with Crippen molar-refractivity contribution in [2.24, 2.45) is 0 Å². The van der Waals surface area contributed by atoms with Gasteiger partial charge in [-0.1, -0.05) is 31.5 Å². The third-order valence-corrected chi connectivity index (χ3v) is 3.93. The number of hydrogen-bond acceptors (Lipinski definition) is 4. The van der Waals surface area contributed by atoms with Crippen molar-refractivity contribution in [1.29, 1.82) is 0 Å². The second-order valence-electron chi connectivity index (χ2n) is 5.21. The number of aryl methyl sites for hydroxylation is 2. The summed E-state index contributed by atoms with van der Waals surface area (Å²) in [6.45, 7) is 7.92. The van der Waals surface area contributed by atoms with Gasteiger partial charge in [0.25, 0.3) is 0 Å². The van der Waals surface area contributed by atoms with Crippen molar-refractivity contribution in [1.82, 2.24) is 24.6 Å². The molecule has 4 rings (SSSR count). The van der Waals surface area contributed by atoms with Gasteiger partial charge in [-0.15, -0.1) is 10.2 Å². The Labute approximate surface area is 145 Å². The zero-order chi connectivity index (χ0) is 17.3. The topological polar surface area (TPSA) is 56.0 Å². The van der Waals surface area contributed by atoms with Gasteiger partial charge in [0.15, 0.2) is 17.1 Å². The van der Waals surface area contributed by atoms with E-state index in [1.807, 2.05) is 62.4 Å². The molecule has 122 valence electrons. The fraction of sp³-hybridized carbons (Fsp3) is 0.222. The molecule has 4 aromatic rings. The van der Waals surface area contributed by atoms with Gasteiger partial charge < -0.3 is 0 Å². The van der Waals surface area contributed by atoms with E-state index < -0.39 is 0 Å². The molecule has 0 saturated heterocycles. The maximum absolute atomic E-state index is 6.40. The summed E-state index contributed by atoms with van der Waals surface area (Å²) in [5.41, 5.74) is 4.96. The first-order chi connectivity index (χ1) is 11.6. The molecule has 0 aliphatic carbocycles. The molecule has 0 fully saturated rings. The van der Waals surface area contributed by atoms with E-state index in [4.69, 9.17) is 11.6 Å². The Morgan fingerprint density at radius 3 is 2.54 bits per heavy atom. The third kappa shape index (κ3) is 2.61. The van der Waals surface area contributed by atoms with Gasteiger partial charge in [-0.05, 0) is 43.7 Å². The van der Waals surface area contributed by atoms with Crippen LogP contribution in [0.15, 0.2) is 36.5 Å². The first-order valence-corrected chi connectivity index (χ1v) is 8.26. The minimum atomic E-state index is 0.646. The van der Waals surface area contributed by atoms with Crippen LogP contribution in [0.1, 0.15) is 25.1 Å². The fourth-order valence-corrected chi connectivity index (χ4v) is 2.89. The molecule has 3 aromatic heterocycles. The van der Waals surface area contributed by atoms with Crippen molar-refractivity contribution in [3.05, 3.63) is 52.8 Å². The molecule has 0 bridgehead atoms. The van der Waals surface area contributed by atoms with Crippen LogP contribution < -0.4 is 0 Å². The Hall–Kier alpha value is -2.53. The summed E-state index contributed by atoms with van der Waals surface area (Å²) in [6, 6.07) is 9.67. The number of halogens is 1. The van der Waals surface area contributed by atoms with E-state index >= 15 is 0 Å². The van der Waals surface area contributed by atoms with E-state index in [2.05, 4.69) is 20.2 Å². The number of hydrogen-bond donors (Lipinski definition) is 0. The van der Waals surface area contributed by atoms with Crippen molar-refractivity contribution in [3.8, 4) is 11.4 Å². The zero-order valence-electron chi connectivity index (χ0n) is 14.1. The predicted molar refractivity (Wildman–Crippen MR) is 97.4 cm³/mol. The van der Waals surface area contributed by atoms with Crippen LogP contribution in [-0.4, -0.2) is 24.6 Å². The lowest BCUT2D eigenvalue weighted by molar-refractivity contribution is 1.11. The van der Waals surface area contributed by atoms with Gasteiger partial charge in [0.05, 0.1) is 10.7 Å². The van der Waals surface area contributed by atoms with E-state index in [1.165, 1.54) is 0 Å². The van der Waals surface area contributed by atoms with Crippen molar-refractivity contribution < 1.29 is 0 Å². The van der Waals surface area contributed by atoms with Gasteiger partial charge >= 0.3 is 0 Å². The Morgan fingerprint density at radius 1 is 1.00 bits per heavy atom. The van der Waals surface area contributed by atoms with Crippen LogP contribution in [0.25, 0.3) is 28.2 Å². The average Bonchev–Trinajstić information content (AvgIpc) is 3.03. The third-order valence-electron chi connectivity index (χ3n) is 3.62. The van der Waals surface area contributed by atoms with Gasteiger partial charge in [-0.2, -0.15) is 0 Å². The highest BCUT2D eigenvalue weighted by atomic mass is 35.5. The van der Waals surface area contributed by atoms with Crippen molar-refractivity contribution in [3.63, 3.8) is 0 Å². The molecule has 0 amide bonds. The zero-order valence-corrected chi connectivity index (χ0v) is 14.8. The van der Waals surface area contributed by atoms with Crippen LogP contribution >= 0.6 is 11.6 Å². The first kappa shape index (κ1) is 16.3. The van der Waals surface area contributed by atoms with E-state index in [1.54, 1.807) is 6.20 Å². The lowest BCUT2D eigenvalue weighted by Gasteiger charge is -2.07. The molecule has 1 aromatic carbocycles. The quantitative estimate of drug-likeness (QED) is 0.507. The van der Waals surface area contributed by atoms with Crippen LogP contribution in [-0.2, 0) is 0 Å². The maximum atomic E-state index is 6.40. The number of aromatic nitrogens is 5. The Bertz CT molecular complexity index is 1020. The van der Waals surface area contributed by atoms with Crippen LogP contribution in [0.2, 0.25) is 5.02 Å². The monoisotopic (exact) mass is 339 g/mol. The average molecular weight is 340 g/mol. The summed E-state index contributed by atoms with van der Waals surface area (Å²) in [5.74, 6) is 0.675. The molecule has 3 heterocycles. The predicted octanol–water partition coefficient (Wildman–Crippen LogP) is 4.64. The number of nitrogens with zero attached hydrogens (tertiary/aromatic N) is 5. The summed E-state index contributed by atoms with van der Waals surface area (Å²) in [7, 11) is 0. The van der Waals surface area contributed by atoms with E-state index in [0.717, 1.165) is 28.0 Å². The highest BCUT2D eigenvalue weighted by Gasteiger charge is 2.16. The van der Waals surface area contributed by atoms with Gasteiger partial charge in [-0.3, -0.25) is 4.40 Å². The molecule has 6 heteroatoms. The second kappa shape index (κ2) is 6.53. The Kier molecular flexibility index (Phi) is 4.44. The van der Waals surface area contributed by atoms with Gasteiger partial charge in [0.1, 0.15) is 5.52 Å². The number of benzene rings is 1. The summed E-state index contributed by atoms with van der Waals surface area (Å²) in [6.07, 6.45) is 1.74. The summed E-state index contributed by atoms with van der Waals surface area (Å²) in [5, 5.41) is 9.22. The van der Waals surface area contributed by atoms with Crippen molar-refractivity contribution in [2.45, 2.75) is 27.7 Å². The maximum Gasteiger partial charge on any atom is 0.184 e. The van der Waals surface area contributed by atoms with E-state index in [-0.39, 0.29) is 0 Å². The van der Waals surface area contributed by atoms with Gasteiger partial charge in [0.2, 0.25) is 0 Å². The van der Waals surface area contributed by atoms with Crippen LogP contribution in [0, 0.1) is 13.8 Å². The molecule has 0 spiro atoms. The molecule has 0 aliphatic rings. The SMILES string of the molecule is CC.Cc1ccc(-c2nnc3c(C)nc4cccnc4n23)c(Cl)c1.